The lowest BCUT2D eigenvalue weighted by molar-refractivity contribution is 0.0647. The molecule has 3 aromatic rings. The molecule has 1 aromatic heterocycles. The van der Waals surface area contributed by atoms with Crippen LogP contribution in [-0.4, -0.2) is 53.4 Å². The lowest BCUT2D eigenvalue weighted by Gasteiger charge is -2.33. The summed E-state index contributed by atoms with van der Waals surface area (Å²) in [6.07, 6.45) is 0. The summed E-state index contributed by atoms with van der Waals surface area (Å²) in [5.74, 6) is 0.127. The SMILES string of the molecule is CCN1CCN(C(=O)c2sc(-c3cccc4ccccc34)nc2C)CC1. The Kier molecular flexibility index (Phi) is 4.74. The minimum atomic E-state index is 0.127. The third-order valence-corrected chi connectivity index (χ3v) is 6.30. The molecule has 0 unspecified atom stereocenters. The topological polar surface area (TPSA) is 36.4 Å². The first-order valence-corrected chi connectivity index (χ1v) is 9.96. The lowest BCUT2D eigenvalue weighted by Crippen LogP contribution is -2.48. The number of hydrogen-bond donors (Lipinski definition) is 0. The van der Waals surface area contributed by atoms with Crippen LogP contribution in [0, 0.1) is 6.92 Å². The molecular formula is C21H23N3OS. The summed E-state index contributed by atoms with van der Waals surface area (Å²) >= 11 is 1.52. The van der Waals surface area contributed by atoms with Crippen LogP contribution in [0.15, 0.2) is 42.5 Å². The molecule has 1 fully saturated rings. The maximum Gasteiger partial charge on any atom is 0.265 e. The van der Waals surface area contributed by atoms with E-state index >= 15 is 0 Å². The average Bonchev–Trinajstić information content (AvgIpc) is 3.08. The smallest absolute Gasteiger partial charge is 0.265 e. The first kappa shape index (κ1) is 17.2. The summed E-state index contributed by atoms with van der Waals surface area (Å²) in [4.78, 5) is 22.9. The molecule has 0 N–H and O–H groups in total. The molecule has 1 amide bonds. The first-order chi connectivity index (χ1) is 12.7. The number of carbonyl (C=O) groups is 1. The van der Waals surface area contributed by atoms with Gasteiger partial charge in [-0.15, -0.1) is 11.3 Å². The molecule has 2 aromatic carbocycles. The van der Waals surface area contributed by atoms with Crippen molar-refractivity contribution in [2.24, 2.45) is 0 Å². The van der Waals surface area contributed by atoms with E-state index in [0.717, 1.165) is 53.9 Å². The van der Waals surface area contributed by atoms with Crippen molar-refractivity contribution in [3.05, 3.63) is 53.0 Å². The van der Waals surface area contributed by atoms with Crippen LogP contribution in [0.2, 0.25) is 0 Å². The van der Waals surface area contributed by atoms with Gasteiger partial charge in [-0.1, -0.05) is 49.4 Å². The Morgan fingerprint density at radius 1 is 1.08 bits per heavy atom. The van der Waals surface area contributed by atoms with E-state index in [9.17, 15) is 4.79 Å². The van der Waals surface area contributed by atoms with Crippen molar-refractivity contribution in [2.45, 2.75) is 13.8 Å². The largest absolute Gasteiger partial charge is 0.335 e. The molecule has 0 radical (unpaired) electrons. The van der Waals surface area contributed by atoms with Gasteiger partial charge in [-0.25, -0.2) is 4.98 Å². The number of rotatable bonds is 3. The molecule has 1 aliphatic heterocycles. The van der Waals surface area contributed by atoms with Crippen molar-refractivity contribution in [3.63, 3.8) is 0 Å². The molecule has 134 valence electrons. The number of amides is 1. The molecular weight excluding hydrogens is 342 g/mol. The number of carbonyl (C=O) groups excluding carboxylic acids is 1. The van der Waals surface area contributed by atoms with E-state index in [0.29, 0.717) is 0 Å². The Balaban J connectivity index is 1.64. The number of piperazine rings is 1. The molecule has 0 aliphatic carbocycles. The molecule has 0 bridgehead atoms. The Morgan fingerprint density at radius 3 is 2.58 bits per heavy atom. The van der Waals surface area contributed by atoms with Gasteiger partial charge >= 0.3 is 0 Å². The fourth-order valence-corrected chi connectivity index (χ4v) is 4.61. The van der Waals surface area contributed by atoms with Gasteiger partial charge in [0.1, 0.15) is 9.88 Å². The number of nitrogens with zero attached hydrogens (tertiary/aromatic N) is 3. The highest BCUT2D eigenvalue weighted by Crippen LogP contribution is 2.33. The predicted octanol–water partition coefficient (Wildman–Crippen LogP) is 4.05. The highest BCUT2D eigenvalue weighted by molar-refractivity contribution is 7.17. The van der Waals surface area contributed by atoms with Gasteiger partial charge in [-0.05, 0) is 24.2 Å². The van der Waals surface area contributed by atoms with Gasteiger partial charge in [-0.2, -0.15) is 0 Å². The van der Waals surface area contributed by atoms with E-state index in [2.05, 4.69) is 42.2 Å². The van der Waals surface area contributed by atoms with Crippen LogP contribution in [-0.2, 0) is 0 Å². The predicted molar refractivity (Wildman–Crippen MR) is 108 cm³/mol. The summed E-state index contributed by atoms with van der Waals surface area (Å²) in [7, 11) is 0. The van der Waals surface area contributed by atoms with Crippen LogP contribution in [0.5, 0.6) is 0 Å². The maximum absolute atomic E-state index is 13.0. The minimum absolute atomic E-state index is 0.127. The highest BCUT2D eigenvalue weighted by Gasteiger charge is 2.25. The third kappa shape index (κ3) is 3.13. The van der Waals surface area contributed by atoms with Crippen LogP contribution >= 0.6 is 11.3 Å². The summed E-state index contributed by atoms with van der Waals surface area (Å²) in [5.41, 5.74) is 1.94. The number of thiazole rings is 1. The van der Waals surface area contributed by atoms with Crippen molar-refractivity contribution >= 4 is 28.0 Å². The summed E-state index contributed by atoms with van der Waals surface area (Å²) in [6.45, 7) is 8.67. The van der Waals surface area contributed by atoms with Crippen LogP contribution in [0.25, 0.3) is 21.3 Å². The molecule has 1 saturated heterocycles. The number of aromatic nitrogens is 1. The minimum Gasteiger partial charge on any atom is -0.335 e. The monoisotopic (exact) mass is 365 g/mol. The first-order valence-electron chi connectivity index (χ1n) is 9.14. The van der Waals surface area contributed by atoms with Gasteiger partial charge in [0, 0.05) is 31.7 Å². The fraction of sp³-hybridized carbons (Fsp3) is 0.333. The van der Waals surface area contributed by atoms with E-state index in [1.165, 1.54) is 22.1 Å². The molecule has 5 heteroatoms. The third-order valence-electron chi connectivity index (χ3n) is 5.12. The van der Waals surface area contributed by atoms with E-state index in [4.69, 9.17) is 4.98 Å². The fourth-order valence-electron chi connectivity index (χ4n) is 3.53. The van der Waals surface area contributed by atoms with Gasteiger partial charge in [0.05, 0.1) is 5.69 Å². The van der Waals surface area contributed by atoms with Crippen molar-refractivity contribution < 1.29 is 4.79 Å². The van der Waals surface area contributed by atoms with Crippen molar-refractivity contribution in [2.75, 3.05) is 32.7 Å². The highest BCUT2D eigenvalue weighted by atomic mass is 32.1. The molecule has 4 rings (SSSR count). The zero-order valence-corrected chi connectivity index (χ0v) is 16.1. The van der Waals surface area contributed by atoms with Gasteiger partial charge in [0.15, 0.2) is 0 Å². The van der Waals surface area contributed by atoms with E-state index in [-0.39, 0.29) is 5.91 Å². The normalized spacial score (nSPS) is 15.5. The lowest BCUT2D eigenvalue weighted by atomic mass is 10.1. The average molecular weight is 366 g/mol. The second-order valence-corrected chi connectivity index (χ2v) is 7.69. The van der Waals surface area contributed by atoms with Crippen molar-refractivity contribution in [3.8, 4) is 10.6 Å². The molecule has 0 atom stereocenters. The number of hydrogen-bond acceptors (Lipinski definition) is 4. The van der Waals surface area contributed by atoms with E-state index < -0.39 is 0 Å². The Morgan fingerprint density at radius 2 is 1.81 bits per heavy atom. The van der Waals surface area contributed by atoms with Crippen LogP contribution in [0.3, 0.4) is 0 Å². The van der Waals surface area contributed by atoms with Gasteiger partial charge in [0.2, 0.25) is 0 Å². The quantitative estimate of drug-likeness (QED) is 0.703. The van der Waals surface area contributed by atoms with Crippen molar-refractivity contribution in [1.82, 2.24) is 14.8 Å². The Labute approximate surface area is 158 Å². The van der Waals surface area contributed by atoms with E-state index in [1.54, 1.807) is 0 Å². The van der Waals surface area contributed by atoms with Gasteiger partial charge in [0.25, 0.3) is 5.91 Å². The summed E-state index contributed by atoms with van der Waals surface area (Å²) in [5, 5.41) is 3.30. The van der Waals surface area contributed by atoms with Crippen molar-refractivity contribution in [1.29, 1.82) is 0 Å². The summed E-state index contributed by atoms with van der Waals surface area (Å²) < 4.78 is 0. The summed E-state index contributed by atoms with van der Waals surface area (Å²) in [6, 6.07) is 14.6. The molecule has 4 nitrogen and oxygen atoms in total. The maximum atomic E-state index is 13.0. The Bertz CT molecular complexity index is 936. The second-order valence-electron chi connectivity index (χ2n) is 6.69. The number of fused-ring (bicyclic) bond motifs is 1. The van der Waals surface area contributed by atoms with Gasteiger partial charge < -0.3 is 9.80 Å². The van der Waals surface area contributed by atoms with Crippen LogP contribution < -0.4 is 0 Å². The van der Waals surface area contributed by atoms with Gasteiger partial charge in [-0.3, -0.25) is 4.79 Å². The number of aryl methyl sites for hydroxylation is 1. The zero-order chi connectivity index (χ0) is 18.1. The zero-order valence-electron chi connectivity index (χ0n) is 15.2. The second kappa shape index (κ2) is 7.17. The van der Waals surface area contributed by atoms with Crippen LogP contribution in [0.4, 0.5) is 0 Å². The Hall–Kier alpha value is -2.24. The van der Waals surface area contributed by atoms with Crippen LogP contribution in [0.1, 0.15) is 22.3 Å². The van der Waals surface area contributed by atoms with E-state index in [1.807, 2.05) is 24.0 Å². The molecule has 0 saturated carbocycles. The molecule has 0 spiro atoms. The number of benzene rings is 2. The standard InChI is InChI=1S/C21H23N3OS/c1-3-23-11-13-24(14-12-23)21(25)19-15(2)22-20(26-19)18-10-6-8-16-7-4-5-9-17(16)18/h4-10H,3,11-14H2,1-2H3. The molecule has 1 aliphatic rings. The molecule has 26 heavy (non-hydrogen) atoms. The molecule has 2 heterocycles. The number of likely N-dealkylation sites (N-methyl/N-ethyl adjacent to an activating group) is 1.